The number of nitrogens with zero attached hydrogens (tertiary/aromatic N) is 2. The Kier molecular flexibility index (Phi) is 12.8. The molecule has 142 valence electrons. The molecule has 0 radical (unpaired) electrons. The van der Waals surface area contributed by atoms with Crippen molar-refractivity contribution < 1.29 is 9.47 Å². The second-order valence-electron chi connectivity index (χ2n) is 6.50. The van der Waals surface area contributed by atoms with Gasteiger partial charge in [-0.2, -0.15) is 0 Å². The maximum absolute atomic E-state index is 5.71. The zero-order valence-electron chi connectivity index (χ0n) is 16.0. The Bertz CT molecular complexity index is 320. The monoisotopic (exact) mass is 342 g/mol. The minimum atomic E-state index is 0.595. The van der Waals surface area contributed by atoms with Gasteiger partial charge in [-0.3, -0.25) is 4.99 Å². The molecule has 6 heteroatoms. The van der Waals surface area contributed by atoms with Crippen LogP contribution in [0.25, 0.3) is 0 Å². The highest BCUT2D eigenvalue weighted by molar-refractivity contribution is 5.79. The van der Waals surface area contributed by atoms with Crippen molar-refractivity contribution in [3.63, 3.8) is 0 Å². The van der Waals surface area contributed by atoms with Crippen LogP contribution >= 0.6 is 0 Å². The smallest absolute Gasteiger partial charge is 0.191 e. The maximum atomic E-state index is 5.71. The Balaban J connectivity index is 2.07. The van der Waals surface area contributed by atoms with Gasteiger partial charge in [0.05, 0.1) is 13.2 Å². The number of rotatable bonds is 13. The molecule has 1 atom stereocenters. The SMILES string of the molecule is CCCCN(C)CCNC(=NCCCOCC1CCOC1)NCC. The Morgan fingerprint density at radius 1 is 1.25 bits per heavy atom. The summed E-state index contributed by atoms with van der Waals surface area (Å²) in [5.41, 5.74) is 0. The summed E-state index contributed by atoms with van der Waals surface area (Å²) in [6.07, 6.45) is 4.61. The van der Waals surface area contributed by atoms with E-state index in [4.69, 9.17) is 9.47 Å². The molecule has 0 amide bonds. The normalized spacial score (nSPS) is 18.3. The quantitative estimate of drug-likeness (QED) is 0.303. The first-order valence-electron chi connectivity index (χ1n) is 9.62. The van der Waals surface area contributed by atoms with Crippen molar-refractivity contribution in [2.45, 2.75) is 39.5 Å². The van der Waals surface area contributed by atoms with Gasteiger partial charge in [-0.25, -0.2) is 0 Å². The van der Waals surface area contributed by atoms with Gasteiger partial charge in [-0.15, -0.1) is 0 Å². The molecule has 0 aromatic heterocycles. The van der Waals surface area contributed by atoms with Gasteiger partial charge < -0.3 is 25.0 Å². The lowest BCUT2D eigenvalue weighted by molar-refractivity contribution is 0.0893. The molecule has 1 fully saturated rings. The minimum Gasteiger partial charge on any atom is -0.381 e. The number of hydrogen-bond acceptors (Lipinski definition) is 4. The van der Waals surface area contributed by atoms with Gasteiger partial charge in [0.1, 0.15) is 0 Å². The molecule has 0 saturated carbocycles. The number of aliphatic imine (C=N–C) groups is 1. The van der Waals surface area contributed by atoms with Gasteiger partial charge in [0.15, 0.2) is 5.96 Å². The van der Waals surface area contributed by atoms with Crippen molar-refractivity contribution in [2.24, 2.45) is 10.9 Å². The first-order chi connectivity index (χ1) is 11.8. The zero-order chi connectivity index (χ0) is 17.5. The lowest BCUT2D eigenvalue weighted by Crippen LogP contribution is -2.41. The van der Waals surface area contributed by atoms with Crippen LogP contribution in [0.3, 0.4) is 0 Å². The first-order valence-corrected chi connectivity index (χ1v) is 9.62. The molecule has 1 aliphatic heterocycles. The third-order valence-corrected chi connectivity index (χ3v) is 4.12. The zero-order valence-corrected chi connectivity index (χ0v) is 16.0. The second-order valence-corrected chi connectivity index (χ2v) is 6.50. The molecule has 1 aliphatic rings. The van der Waals surface area contributed by atoms with Gasteiger partial charge in [0.25, 0.3) is 0 Å². The van der Waals surface area contributed by atoms with Gasteiger partial charge in [-0.1, -0.05) is 13.3 Å². The van der Waals surface area contributed by atoms with Crippen molar-refractivity contribution >= 4 is 5.96 Å². The van der Waals surface area contributed by atoms with Crippen molar-refractivity contribution in [2.75, 3.05) is 66.2 Å². The summed E-state index contributed by atoms with van der Waals surface area (Å²) in [4.78, 5) is 6.97. The molecule has 2 N–H and O–H groups in total. The summed E-state index contributed by atoms with van der Waals surface area (Å²) in [6, 6.07) is 0. The van der Waals surface area contributed by atoms with E-state index < -0.39 is 0 Å². The lowest BCUT2D eigenvalue weighted by Gasteiger charge is -2.17. The third kappa shape index (κ3) is 10.8. The van der Waals surface area contributed by atoms with E-state index in [0.29, 0.717) is 5.92 Å². The molecule has 0 aromatic rings. The van der Waals surface area contributed by atoms with Gasteiger partial charge in [0, 0.05) is 45.3 Å². The van der Waals surface area contributed by atoms with E-state index in [9.17, 15) is 0 Å². The van der Waals surface area contributed by atoms with Gasteiger partial charge in [0.2, 0.25) is 0 Å². The molecule has 0 spiro atoms. The topological polar surface area (TPSA) is 58.1 Å². The largest absolute Gasteiger partial charge is 0.381 e. The number of hydrogen-bond donors (Lipinski definition) is 2. The number of guanidine groups is 1. The van der Waals surface area contributed by atoms with Gasteiger partial charge >= 0.3 is 0 Å². The number of ether oxygens (including phenoxy) is 2. The highest BCUT2D eigenvalue weighted by Crippen LogP contribution is 2.12. The van der Waals surface area contributed by atoms with Crippen molar-refractivity contribution in [1.82, 2.24) is 15.5 Å². The molecule has 1 heterocycles. The molecule has 0 bridgehead atoms. The van der Waals surface area contributed by atoms with Crippen LogP contribution in [0.1, 0.15) is 39.5 Å². The second kappa shape index (κ2) is 14.5. The van der Waals surface area contributed by atoms with E-state index in [1.54, 1.807) is 0 Å². The molecular weight excluding hydrogens is 304 g/mol. The van der Waals surface area contributed by atoms with Crippen LogP contribution in [0.4, 0.5) is 0 Å². The molecule has 6 nitrogen and oxygen atoms in total. The highest BCUT2D eigenvalue weighted by atomic mass is 16.5. The summed E-state index contributed by atoms with van der Waals surface area (Å²) in [7, 11) is 2.17. The average Bonchev–Trinajstić information content (AvgIpc) is 3.09. The molecule has 1 rings (SSSR count). The van der Waals surface area contributed by atoms with Crippen LogP contribution in [-0.2, 0) is 9.47 Å². The van der Waals surface area contributed by atoms with Crippen molar-refractivity contribution in [3.05, 3.63) is 0 Å². The predicted octanol–water partition coefficient (Wildman–Crippen LogP) is 1.72. The Morgan fingerprint density at radius 3 is 2.83 bits per heavy atom. The van der Waals surface area contributed by atoms with Crippen molar-refractivity contribution in [1.29, 1.82) is 0 Å². The minimum absolute atomic E-state index is 0.595. The fraction of sp³-hybridized carbons (Fsp3) is 0.944. The summed E-state index contributed by atoms with van der Waals surface area (Å²) in [5, 5.41) is 6.70. The molecule has 1 saturated heterocycles. The lowest BCUT2D eigenvalue weighted by atomic mass is 10.1. The van der Waals surface area contributed by atoms with E-state index in [2.05, 4.69) is 41.4 Å². The fourth-order valence-electron chi connectivity index (χ4n) is 2.57. The van der Waals surface area contributed by atoms with Crippen LogP contribution < -0.4 is 10.6 Å². The van der Waals surface area contributed by atoms with Crippen LogP contribution in [0.15, 0.2) is 4.99 Å². The maximum Gasteiger partial charge on any atom is 0.191 e. The highest BCUT2D eigenvalue weighted by Gasteiger charge is 2.15. The van der Waals surface area contributed by atoms with Crippen LogP contribution in [-0.4, -0.2) is 77.1 Å². The summed E-state index contributed by atoms with van der Waals surface area (Å²) in [6.45, 7) is 12.5. The average molecular weight is 343 g/mol. The first kappa shape index (κ1) is 21.2. The van der Waals surface area contributed by atoms with Crippen molar-refractivity contribution in [3.8, 4) is 0 Å². The standard InChI is InChI=1S/C18H38N4O2/c1-4-6-11-22(3)12-10-21-18(19-5-2)20-9-7-13-23-15-17-8-14-24-16-17/h17H,4-16H2,1-3H3,(H2,19,20,21). The molecule has 0 aliphatic carbocycles. The Labute approximate surface area is 148 Å². The van der Waals surface area contributed by atoms with E-state index in [1.165, 1.54) is 12.8 Å². The van der Waals surface area contributed by atoms with Gasteiger partial charge in [-0.05, 0) is 39.8 Å². The predicted molar refractivity (Wildman–Crippen MR) is 101 cm³/mol. The molecule has 1 unspecified atom stereocenters. The third-order valence-electron chi connectivity index (χ3n) is 4.12. The number of nitrogens with one attached hydrogen (secondary N) is 2. The van der Waals surface area contributed by atoms with E-state index in [-0.39, 0.29) is 0 Å². The Hall–Kier alpha value is -0.850. The van der Waals surface area contributed by atoms with Crippen LogP contribution in [0.5, 0.6) is 0 Å². The molecule has 24 heavy (non-hydrogen) atoms. The molecular formula is C18H38N4O2. The fourth-order valence-corrected chi connectivity index (χ4v) is 2.57. The van der Waals surface area contributed by atoms with Crippen LogP contribution in [0.2, 0.25) is 0 Å². The number of unbranched alkanes of at least 4 members (excludes halogenated alkanes) is 1. The van der Waals surface area contributed by atoms with E-state index >= 15 is 0 Å². The van der Waals surface area contributed by atoms with E-state index in [1.807, 2.05) is 0 Å². The molecule has 0 aromatic carbocycles. The summed E-state index contributed by atoms with van der Waals surface area (Å²) in [5.74, 6) is 1.50. The number of likely N-dealkylation sites (N-methyl/N-ethyl adjacent to an activating group) is 1. The summed E-state index contributed by atoms with van der Waals surface area (Å²) < 4.78 is 11.1. The Morgan fingerprint density at radius 2 is 2.12 bits per heavy atom. The van der Waals surface area contributed by atoms with Crippen LogP contribution in [0, 0.1) is 5.92 Å². The summed E-state index contributed by atoms with van der Waals surface area (Å²) >= 11 is 0. The van der Waals surface area contributed by atoms with E-state index in [0.717, 1.165) is 78.0 Å².